The van der Waals surface area contributed by atoms with Gasteiger partial charge in [0.15, 0.2) is 0 Å². The first-order valence-electron chi connectivity index (χ1n) is 15.4. The van der Waals surface area contributed by atoms with Gasteiger partial charge in [0.25, 0.3) is 0 Å². The van der Waals surface area contributed by atoms with Crippen molar-refractivity contribution in [3.8, 4) is 17.2 Å². The Bertz CT molecular complexity index is 1430. The van der Waals surface area contributed by atoms with Gasteiger partial charge in [-0.15, -0.1) is 0 Å². The molecule has 3 rings (SSSR count). The molecular formula is C36H39F3O7. The van der Waals surface area contributed by atoms with E-state index in [0.717, 1.165) is 43.0 Å². The third-order valence-corrected chi connectivity index (χ3v) is 6.98. The van der Waals surface area contributed by atoms with E-state index in [2.05, 4.69) is 13.5 Å². The molecule has 0 saturated carbocycles. The van der Waals surface area contributed by atoms with Crippen LogP contribution in [-0.2, 0) is 22.1 Å². The summed E-state index contributed by atoms with van der Waals surface area (Å²) < 4.78 is 62.6. The Balaban J connectivity index is 1.55. The number of carbonyl (C=O) groups excluding carboxylic acids is 3. The summed E-state index contributed by atoms with van der Waals surface area (Å²) >= 11 is 0. The van der Waals surface area contributed by atoms with Crippen LogP contribution in [0.2, 0.25) is 0 Å². The SMILES string of the molecule is C=CC(=O)OCCCCOc1ccc(C(=O)Oc2ccc(C(=O)Oc3ccc(CCCCCCCC)cc3)cc2C(F)(F)F)cc1. The second kappa shape index (κ2) is 18.4. The Hall–Kier alpha value is -4.60. The highest BCUT2D eigenvalue weighted by atomic mass is 19.4. The number of unbranched alkanes of at least 4 members (excludes halogenated alkanes) is 6. The third-order valence-electron chi connectivity index (χ3n) is 6.98. The fourth-order valence-corrected chi connectivity index (χ4v) is 4.44. The van der Waals surface area contributed by atoms with Crippen molar-refractivity contribution < 1.29 is 46.5 Å². The van der Waals surface area contributed by atoms with Crippen molar-refractivity contribution in [2.75, 3.05) is 13.2 Å². The molecule has 3 aromatic carbocycles. The van der Waals surface area contributed by atoms with Crippen molar-refractivity contribution >= 4 is 17.9 Å². The van der Waals surface area contributed by atoms with E-state index in [4.69, 9.17) is 18.9 Å². The zero-order valence-electron chi connectivity index (χ0n) is 25.9. The summed E-state index contributed by atoms with van der Waals surface area (Å²) in [5.41, 5.74) is -0.545. The monoisotopic (exact) mass is 640 g/mol. The van der Waals surface area contributed by atoms with Gasteiger partial charge in [-0.25, -0.2) is 14.4 Å². The molecule has 0 saturated heterocycles. The summed E-state index contributed by atoms with van der Waals surface area (Å²) in [6.07, 6.45) is 5.31. The average molecular weight is 641 g/mol. The molecule has 3 aromatic rings. The third kappa shape index (κ3) is 12.1. The van der Waals surface area contributed by atoms with Gasteiger partial charge in [0, 0.05) is 6.08 Å². The average Bonchev–Trinajstić information content (AvgIpc) is 3.04. The topological polar surface area (TPSA) is 88.1 Å². The molecule has 7 nitrogen and oxygen atoms in total. The first-order chi connectivity index (χ1) is 22.1. The van der Waals surface area contributed by atoms with Crippen molar-refractivity contribution in [3.05, 3.63) is 102 Å². The number of aryl methyl sites for hydroxylation is 1. The molecule has 10 heteroatoms. The molecule has 0 unspecified atom stereocenters. The first-order valence-corrected chi connectivity index (χ1v) is 15.4. The van der Waals surface area contributed by atoms with Gasteiger partial charge in [0.05, 0.1) is 29.9 Å². The molecular weight excluding hydrogens is 601 g/mol. The molecule has 246 valence electrons. The number of hydrogen-bond donors (Lipinski definition) is 0. The van der Waals surface area contributed by atoms with Crippen LogP contribution in [0.4, 0.5) is 13.2 Å². The number of esters is 3. The quantitative estimate of drug-likeness (QED) is 0.0594. The highest BCUT2D eigenvalue weighted by Crippen LogP contribution is 2.37. The molecule has 0 atom stereocenters. The molecule has 0 bridgehead atoms. The van der Waals surface area contributed by atoms with Crippen molar-refractivity contribution in [1.29, 1.82) is 0 Å². The highest BCUT2D eigenvalue weighted by Gasteiger charge is 2.36. The largest absolute Gasteiger partial charge is 0.494 e. The zero-order chi connectivity index (χ0) is 33.4. The molecule has 0 amide bonds. The van der Waals surface area contributed by atoms with E-state index in [0.29, 0.717) is 31.3 Å². The lowest BCUT2D eigenvalue weighted by Crippen LogP contribution is -2.16. The van der Waals surface area contributed by atoms with Crippen molar-refractivity contribution in [3.63, 3.8) is 0 Å². The smallest absolute Gasteiger partial charge is 0.420 e. The fraction of sp³-hybridized carbons (Fsp3) is 0.361. The van der Waals surface area contributed by atoms with Gasteiger partial charge in [-0.3, -0.25) is 0 Å². The van der Waals surface area contributed by atoms with Crippen LogP contribution in [-0.4, -0.2) is 31.1 Å². The maximum atomic E-state index is 13.9. The molecule has 46 heavy (non-hydrogen) atoms. The fourth-order valence-electron chi connectivity index (χ4n) is 4.44. The molecule has 0 aliphatic heterocycles. The van der Waals surface area contributed by atoms with Crippen LogP contribution < -0.4 is 14.2 Å². The van der Waals surface area contributed by atoms with Gasteiger partial charge >= 0.3 is 24.1 Å². The molecule has 0 aliphatic carbocycles. The minimum absolute atomic E-state index is 0.000221. The van der Waals surface area contributed by atoms with Crippen LogP contribution in [0.25, 0.3) is 0 Å². The number of halogens is 3. The van der Waals surface area contributed by atoms with Gasteiger partial charge in [-0.2, -0.15) is 13.2 Å². The zero-order valence-corrected chi connectivity index (χ0v) is 25.9. The van der Waals surface area contributed by atoms with E-state index in [1.165, 1.54) is 49.9 Å². The van der Waals surface area contributed by atoms with Crippen LogP contribution in [0.1, 0.15) is 90.1 Å². The predicted octanol–water partition coefficient (Wildman–Crippen LogP) is 8.94. The highest BCUT2D eigenvalue weighted by molar-refractivity contribution is 5.93. The summed E-state index contributed by atoms with van der Waals surface area (Å²) in [6.45, 7) is 6.04. The summed E-state index contributed by atoms with van der Waals surface area (Å²) in [6, 6.07) is 15.2. The van der Waals surface area contributed by atoms with E-state index in [1.807, 2.05) is 12.1 Å². The summed E-state index contributed by atoms with van der Waals surface area (Å²) in [5, 5.41) is 0. The van der Waals surface area contributed by atoms with E-state index >= 15 is 0 Å². The van der Waals surface area contributed by atoms with Gasteiger partial charge < -0.3 is 18.9 Å². The number of carbonyl (C=O) groups is 3. The van der Waals surface area contributed by atoms with Gasteiger partial charge in [-0.05, 0) is 85.8 Å². The lowest BCUT2D eigenvalue weighted by molar-refractivity contribution is -0.139. The molecule has 0 aromatic heterocycles. The first kappa shape index (κ1) is 35.9. The molecule has 0 fully saturated rings. The number of alkyl halides is 3. The Morgan fingerprint density at radius 2 is 1.33 bits per heavy atom. The van der Waals surface area contributed by atoms with Crippen molar-refractivity contribution in [2.24, 2.45) is 0 Å². The van der Waals surface area contributed by atoms with Crippen LogP contribution in [0, 0.1) is 0 Å². The number of rotatable bonds is 18. The van der Waals surface area contributed by atoms with E-state index in [1.54, 1.807) is 12.1 Å². The molecule has 0 heterocycles. The Morgan fingerprint density at radius 1 is 0.717 bits per heavy atom. The Kier molecular flexibility index (Phi) is 14.3. The number of ether oxygens (including phenoxy) is 4. The second-order valence-corrected chi connectivity index (χ2v) is 10.6. The maximum Gasteiger partial charge on any atom is 0.420 e. The molecule has 0 spiro atoms. The molecule has 0 radical (unpaired) electrons. The predicted molar refractivity (Wildman–Crippen MR) is 167 cm³/mol. The van der Waals surface area contributed by atoms with Crippen molar-refractivity contribution in [1.82, 2.24) is 0 Å². The van der Waals surface area contributed by atoms with Gasteiger partial charge in [0.1, 0.15) is 17.2 Å². The van der Waals surface area contributed by atoms with Crippen LogP contribution in [0.3, 0.4) is 0 Å². The Morgan fingerprint density at radius 3 is 2.00 bits per heavy atom. The lowest BCUT2D eigenvalue weighted by atomic mass is 10.0. The number of benzene rings is 3. The van der Waals surface area contributed by atoms with Crippen molar-refractivity contribution in [2.45, 2.75) is 70.9 Å². The second-order valence-electron chi connectivity index (χ2n) is 10.6. The standard InChI is InChI=1S/C36H39F3O7/c1-3-5-6-7-8-9-12-26-13-18-30(19-14-26)45-35(42)28-17-22-32(31(25-28)36(37,38)39)46-34(41)27-15-20-29(21-16-27)43-23-10-11-24-44-33(40)4-2/h4,13-22,25H,2-3,5-12,23-24H2,1H3. The van der Waals surface area contributed by atoms with Crippen LogP contribution >= 0.6 is 0 Å². The molecule has 0 N–H and O–H groups in total. The van der Waals surface area contributed by atoms with Gasteiger partial charge in [0.2, 0.25) is 0 Å². The van der Waals surface area contributed by atoms with Crippen LogP contribution in [0.15, 0.2) is 79.4 Å². The summed E-state index contributed by atoms with van der Waals surface area (Å²) in [5.74, 6) is -2.59. The van der Waals surface area contributed by atoms with Gasteiger partial charge in [-0.1, -0.05) is 57.7 Å². The van der Waals surface area contributed by atoms with E-state index < -0.39 is 35.4 Å². The van der Waals surface area contributed by atoms with Crippen LogP contribution in [0.5, 0.6) is 17.2 Å². The lowest BCUT2D eigenvalue weighted by Gasteiger charge is -2.14. The summed E-state index contributed by atoms with van der Waals surface area (Å²) in [4.78, 5) is 36.4. The normalized spacial score (nSPS) is 11.0. The minimum Gasteiger partial charge on any atom is -0.494 e. The molecule has 0 aliphatic rings. The minimum atomic E-state index is -4.91. The maximum absolute atomic E-state index is 13.9. The summed E-state index contributed by atoms with van der Waals surface area (Å²) in [7, 11) is 0. The van der Waals surface area contributed by atoms with E-state index in [-0.39, 0.29) is 23.5 Å². The number of hydrogen-bond acceptors (Lipinski definition) is 7. The van der Waals surface area contributed by atoms with E-state index in [9.17, 15) is 27.6 Å². The Labute approximate surface area is 267 Å².